The van der Waals surface area contributed by atoms with E-state index >= 15 is 0 Å². The summed E-state index contributed by atoms with van der Waals surface area (Å²) in [6.45, 7) is 0.0859. The summed E-state index contributed by atoms with van der Waals surface area (Å²) in [5.41, 5.74) is 0.650. The lowest BCUT2D eigenvalue weighted by atomic mass is 10.0. The van der Waals surface area contributed by atoms with Crippen LogP contribution in [0.5, 0.6) is 0 Å². The molecule has 0 atom stereocenters. The molecule has 2 aromatic carbocycles. The van der Waals surface area contributed by atoms with Crippen LogP contribution in [0.1, 0.15) is 27.9 Å². The molecule has 3 rings (SSSR count). The Morgan fingerprint density at radius 2 is 1.75 bits per heavy atom. The molecule has 1 aromatic heterocycles. The van der Waals surface area contributed by atoms with Gasteiger partial charge in [0.15, 0.2) is 0 Å². The first-order valence-electron chi connectivity index (χ1n) is 10.7. The van der Waals surface area contributed by atoms with Crippen LogP contribution in [0.3, 0.4) is 0 Å². The van der Waals surface area contributed by atoms with E-state index in [4.69, 9.17) is 4.74 Å². The van der Waals surface area contributed by atoms with E-state index < -0.39 is 28.6 Å². The number of nitro groups is 1. The predicted octanol–water partition coefficient (Wildman–Crippen LogP) is 5.54. The zero-order valence-corrected chi connectivity index (χ0v) is 20.2. The average molecular weight is 520 g/mol. The van der Waals surface area contributed by atoms with Crippen LogP contribution < -0.4 is 5.32 Å². The van der Waals surface area contributed by atoms with Crippen LogP contribution >= 0.6 is 11.3 Å². The molecular weight excluding hydrogens is 496 g/mol. The van der Waals surface area contributed by atoms with Gasteiger partial charge in [-0.25, -0.2) is 18.4 Å². The molecule has 0 saturated heterocycles. The van der Waals surface area contributed by atoms with Crippen molar-refractivity contribution >= 4 is 34.1 Å². The number of rotatable bonds is 10. The monoisotopic (exact) mass is 519 g/mol. The van der Waals surface area contributed by atoms with Gasteiger partial charge in [0.1, 0.15) is 16.6 Å². The molecule has 0 radical (unpaired) electrons. The lowest BCUT2D eigenvalue weighted by Crippen LogP contribution is -2.17. The number of halogens is 2. The highest BCUT2D eigenvalue weighted by molar-refractivity contribution is 7.20. The molecule has 0 fully saturated rings. The summed E-state index contributed by atoms with van der Waals surface area (Å²) in [4.78, 5) is 37.2. The third kappa shape index (κ3) is 6.40. The first-order chi connectivity index (χ1) is 17.1. The molecule has 36 heavy (non-hydrogen) atoms. The van der Waals surface area contributed by atoms with E-state index in [1.807, 2.05) is 0 Å². The molecule has 0 aliphatic rings. The topological polar surface area (TPSA) is 122 Å². The van der Waals surface area contributed by atoms with Crippen molar-refractivity contribution in [3.05, 3.63) is 80.9 Å². The normalized spacial score (nSPS) is 10.9. The van der Waals surface area contributed by atoms with Crippen molar-refractivity contribution in [2.75, 3.05) is 26.0 Å². The van der Waals surface area contributed by atoms with Crippen molar-refractivity contribution in [3.8, 4) is 10.4 Å². The average Bonchev–Trinajstić information content (AvgIpc) is 3.15. The van der Waals surface area contributed by atoms with E-state index in [9.17, 15) is 33.6 Å². The third-order valence-electron chi connectivity index (χ3n) is 5.12. The maximum atomic E-state index is 13.7. The molecule has 12 heteroatoms. The van der Waals surface area contributed by atoms with Crippen molar-refractivity contribution in [2.45, 2.75) is 19.4 Å². The summed E-state index contributed by atoms with van der Waals surface area (Å²) in [6.07, 6.45) is -0.747. The van der Waals surface area contributed by atoms with Gasteiger partial charge in [-0.15, -0.1) is 11.3 Å². The van der Waals surface area contributed by atoms with Gasteiger partial charge in [0, 0.05) is 34.7 Å². The number of ether oxygens (including phenoxy) is 1. The van der Waals surface area contributed by atoms with Crippen molar-refractivity contribution in [3.63, 3.8) is 0 Å². The Hall–Kier alpha value is -3.90. The largest absolute Gasteiger partial charge is 0.478 e. The minimum Gasteiger partial charge on any atom is -0.478 e. The highest BCUT2D eigenvalue weighted by Gasteiger charge is 2.26. The van der Waals surface area contributed by atoms with Gasteiger partial charge >= 0.3 is 12.1 Å². The predicted molar refractivity (Wildman–Crippen MR) is 130 cm³/mol. The SMILES string of the molecule is CN(C)Cc1c(-c2ccc([N+](=O)[O-])cc2)sc(NC(=O)OCCCc2c(F)cccc2F)c1C(=O)O. The number of nitrogens with zero attached hydrogens (tertiary/aromatic N) is 2. The second-order valence-corrected chi connectivity index (χ2v) is 9.05. The van der Waals surface area contributed by atoms with Gasteiger partial charge in [-0.1, -0.05) is 6.07 Å². The van der Waals surface area contributed by atoms with E-state index in [1.165, 1.54) is 30.3 Å². The standard InChI is InChI=1S/C24H23F2N3O6S/c1-28(2)13-17-20(23(30)31)22(36-21(17)14-8-10-15(11-9-14)29(33)34)27-24(32)35-12-4-5-16-18(25)6-3-7-19(16)26/h3,6-11H,4-5,12-13H2,1-2H3,(H,27,32)(H,30,31). The van der Waals surface area contributed by atoms with Gasteiger partial charge in [0.2, 0.25) is 0 Å². The molecule has 190 valence electrons. The molecule has 0 spiro atoms. The van der Waals surface area contributed by atoms with E-state index in [-0.39, 0.29) is 47.8 Å². The van der Waals surface area contributed by atoms with Crippen LogP contribution in [0.15, 0.2) is 42.5 Å². The molecule has 0 aliphatic heterocycles. The van der Waals surface area contributed by atoms with E-state index in [2.05, 4.69) is 5.32 Å². The number of aromatic carboxylic acids is 1. The second kappa shape index (κ2) is 11.7. The number of carbonyl (C=O) groups excluding carboxylic acids is 1. The first-order valence-corrected chi connectivity index (χ1v) is 11.5. The molecule has 0 saturated carbocycles. The minimum atomic E-state index is -1.26. The maximum Gasteiger partial charge on any atom is 0.412 e. The van der Waals surface area contributed by atoms with Crippen molar-refractivity contribution in [1.29, 1.82) is 0 Å². The van der Waals surface area contributed by atoms with Gasteiger partial charge in [-0.05, 0) is 56.8 Å². The fourth-order valence-electron chi connectivity index (χ4n) is 3.53. The van der Waals surface area contributed by atoms with Crippen LogP contribution in [0.25, 0.3) is 10.4 Å². The summed E-state index contributed by atoms with van der Waals surface area (Å²) in [5.74, 6) is -2.63. The number of anilines is 1. The fraction of sp³-hybridized carbons (Fsp3) is 0.250. The molecule has 9 nitrogen and oxygen atoms in total. The molecule has 0 aliphatic carbocycles. The number of non-ortho nitro benzene ring substituents is 1. The summed E-state index contributed by atoms with van der Waals surface area (Å²) in [7, 11) is 3.51. The third-order valence-corrected chi connectivity index (χ3v) is 6.31. The van der Waals surface area contributed by atoms with Crippen LogP contribution in [0.4, 0.5) is 24.3 Å². The maximum absolute atomic E-state index is 13.7. The quantitative estimate of drug-likeness (QED) is 0.205. The van der Waals surface area contributed by atoms with Gasteiger partial charge in [-0.2, -0.15) is 0 Å². The number of benzene rings is 2. The number of thiophene rings is 1. The number of carboxylic acids is 1. The summed E-state index contributed by atoms with van der Waals surface area (Å²) in [6, 6.07) is 9.20. The number of amides is 1. The summed E-state index contributed by atoms with van der Waals surface area (Å²) >= 11 is 1.00. The zero-order chi connectivity index (χ0) is 26.4. The minimum absolute atomic E-state index is 0.0163. The molecule has 1 amide bonds. The highest BCUT2D eigenvalue weighted by atomic mass is 32.1. The molecular formula is C24H23F2N3O6S. The Balaban J connectivity index is 1.78. The first kappa shape index (κ1) is 26.7. The lowest BCUT2D eigenvalue weighted by molar-refractivity contribution is -0.384. The van der Waals surface area contributed by atoms with Crippen LogP contribution in [-0.4, -0.2) is 47.7 Å². The molecule has 0 unspecified atom stereocenters. The molecule has 0 bridgehead atoms. The zero-order valence-electron chi connectivity index (χ0n) is 19.4. The molecule has 2 N–H and O–H groups in total. The highest BCUT2D eigenvalue weighted by Crippen LogP contribution is 2.41. The Kier molecular flexibility index (Phi) is 8.67. The van der Waals surface area contributed by atoms with Gasteiger partial charge < -0.3 is 14.7 Å². The van der Waals surface area contributed by atoms with Gasteiger partial charge in [-0.3, -0.25) is 15.4 Å². The number of nitrogens with one attached hydrogen (secondary N) is 1. The van der Waals surface area contributed by atoms with E-state index in [1.54, 1.807) is 19.0 Å². The summed E-state index contributed by atoms with van der Waals surface area (Å²) < 4.78 is 32.5. The van der Waals surface area contributed by atoms with E-state index in [0.717, 1.165) is 23.5 Å². The smallest absolute Gasteiger partial charge is 0.412 e. The van der Waals surface area contributed by atoms with Crippen molar-refractivity contribution < 1.29 is 33.1 Å². The second-order valence-electron chi connectivity index (χ2n) is 8.03. The Labute approximate surface area is 209 Å². The number of hydrogen-bond acceptors (Lipinski definition) is 7. The number of hydrogen-bond donors (Lipinski definition) is 2. The van der Waals surface area contributed by atoms with Crippen LogP contribution in [-0.2, 0) is 17.7 Å². The fourth-order valence-corrected chi connectivity index (χ4v) is 4.72. The van der Waals surface area contributed by atoms with Crippen LogP contribution in [0, 0.1) is 21.7 Å². The number of nitro benzene ring substituents is 1. The van der Waals surface area contributed by atoms with Crippen molar-refractivity contribution in [2.24, 2.45) is 0 Å². The Bertz CT molecular complexity index is 1260. The lowest BCUT2D eigenvalue weighted by Gasteiger charge is -2.12. The van der Waals surface area contributed by atoms with Gasteiger partial charge in [0.25, 0.3) is 5.69 Å². The van der Waals surface area contributed by atoms with E-state index in [0.29, 0.717) is 16.0 Å². The Morgan fingerprint density at radius 3 is 2.31 bits per heavy atom. The molecule has 3 aromatic rings. The number of carboxylic acid groups (broad SMARTS) is 1. The molecule has 1 heterocycles. The Morgan fingerprint density at radius 1 is 1.11 bits per heavy atom. The van der Waals surface area contributed by atoms with Crippen LogP contribution in [0.2, 0.25) is 0 Å². The summed E-state index contributed by atoms with van der Waals surface area (Å²) in [5, 5.41) is 23.3. The number of carbonyl (C=O) groups is 2. The van der Waals surface area contributed by atoms with Crippen molar-refractivity contribution in [1.82, 2.24) is 4.90 Å². The van der Waals surface area contributed by atoms with Gasteiger partial charge in [0.05, 0.1) is 17.1 Å².